The number of hydrogen-bond acceptors (Lipinski definition) is 9. The van der Waals surface area contributed by atoms with E-state index in [4.69, 9.17) is 4.74 Å². The average Bonchev–Trinajstić information content (AvgIpc) is 2.94. The number of aliphatic hydroxyl groups excluding tert-OH is 2. The first kappa shape index (κ1) is 39.8. The summed E-state index contributed by atoms with van der Waals surface area (Å²) in [6, 6.07) is 11.7. The van der Waals surface area contributed by atoms with Crippen molar-refractivity contribution in [1.29, 1.82) is 0 Å². The lowest BCUT2D eigenvalue weighted by Gasteiger charge is -2.23. The van der Waals surface area contributed by atoms with E-state index < -0.39 is 22.2 Å². The van der Waals surface area contributed by atoms with Crippen LogP contribution in [0.1, 0.15) is 77.4 Å². The summed E-state index contributed by atoms with van der Waals surface area (Å²) in [4.78, 5) is 25.8. The first-order chi connectivity index (χ1) is 20.8. The molecule has 0 aliphatic rings. The zero-order valence-corrected chi connectivity index (χ0v) is 28.9. The predicted molar refractivity (Wildman–Crippen MR) is 181 cm³/mol. The minimum Gasteiger partial charge on any atom is -0.490 e. The van der Waals surface area contributed by atoms with Crippen LogP contribution in [0, 0.1) is 0 Å². The first-order valence-corrected chi connectivity index (χ1v) is 17.0. The third-order valence-electron chi connectivity index (χ3n) is 6.28. The van der Waals surface area contributed by atoms with Crippen LogP contribution in [0.5, 0.6) is 5.75 Å². The molecule has 2 rings (SSSR count). The van der Waals surface area contributed by atoms with E-state index in [2.05, 4.69) is 20.7 Å². The molecule has 0 fully saturated rings. The molecule has 0 saturated heterocycles. The smallest absolute Gasteiger partial charge is 0.321 e. The van der Waals surface area contributed by atoms with E-state index in [1.165, 1.54) is 6.92 Å². The van der Waals surface area contributed by atoms with Gasteiger partial charge in [-0.05, 0) is 77.4 Å². The number of carbonyl (C=O) groups is 2. The molecule has 2 aromatic carbocycles. The Morgan fingerprint density at radius 2 is 1.53 bits per heavy atom. The Labute approximate surface area is 269 Å². The molecule has 13 heteroatoms. The topological polar surface area (TPSA) is 169 Å². The van der Waals surface area contributed by atoms with Gasteiger partial charge in [0, 0.05) is 49.1 Å². The number of ether oxygens (including phenoxy) is 1. The van der Waals surface area contributed by atoms with Gasteiger partial charge in [-0.3, -0.25) is 9.52 Å². The maximum absolute atomic E-state index is 12.2. The van der Waals surface area contributed by atoms with Crippen molar-refractivity contribution in [3.63, 3.8) is 0 Å². The fourth-order valence-corrected chi connectivity index (χ4v) is 4.41. The number of nitrogens with one attached hydrogen (secondary N) is 4. The SMILES string of the molecule is CC(C)NCC(O)c1ccc(NS(C)(=O)=O)cc1.CCN(CC)C(=O)Nc1ccc(OCC(O)CNC(C)(C)C)c(C(C)=O)c1. The van der Waals surface area contributed by atoms with Gasteiger partial charge in [0.1, 0.15) is 18.5 Å². The second-order valence-electron chi connectivity index (χ2n) is 12.0. The van der Waals surface area contributed by atoms with E-state index in [1.54, 1.807) is 47.4 Å². The van der Waals surface area contributed by atoms with Crippen LogP contribution in [-0.2, 0) is 10.0 Å². The molecule has 254 valence electrons. The van der Waals surface area contributed by atoms with Crippen molar-refractivity contribution in [3.8, 4) is 5.75 Å². The van der Waals surface area contributed by atoms with Crippen LogP contribution in [0.2, 0.25) is 0 Å². The Hall–Kier alpha value is -3.23. The molecule has 2 atom stereocenters. The van der Waals surface area contributed by atoms with Crippen LogP contribution < -0.4 is 25.4 Å². The monoisotopic (exact) mass is 651 g/mol. The number of urea groups is 1. The standard InChI is InChI=1S/C20H33N3O4.C12H20N2O3S/c1-7-23(8-2)19(26)22-15-9-10-18(17(11-15)14(3)24)27-13-16(25)12-21-20(4,5)6;1-9(2)13-8-12(15)10-4-6-11(7-5-10)14-18(3,16)17/h9-11,16,21,25H,7-8,12-13H2,1-6H3,(H,22,26);4-7,9,12-15H,8H2,1-3H3. The molecule has 2 aromatic rings. The number of β-amino-alcohol motifs (C(OH)–C–C–N with tert-alkyl or cyclic N) is 1. The van der Waals surface area contributed by atoms with Gasteiger partial charge in [0.25, 0.3) is 0 Å². The molecule has 0 saturated carbocycles. The van der Waals surface area contributed by atoms with Gasteiger partial charge in [-0.25, -0.2) is 13.2 Å². The third kappa shape index (κ3) is 16.6. The van der Waals surface area contributed by atoms with E-state index in [1.807, 2.05) is 48.5 Å². The average molecular weight is 652 g/mol. The number of benzene rings is 2. The summed E-state index contributed by atoms with van der Waals surface area (Å²) in [6.45, 7) is 17.4. The third-order valence-corrected chi connectivity index (χ3v) is 6.88. The minimum absolute atomic E-state index is 0.0640. The molecule has 0 aliphatic heterocycles. The van der Waals surface area contributed by atoms with Crippen LogP contribution in [-0.4, -0.2) is 92.1 Å². The van der Waals surface area contributed by atoms with Gasteiger partial charge < -0.3 is 35.8 Å². The number of hydrogen-bond donors (Lipinski definition) is 6. The van der Waals surface area contributed by atoms with Crippen LogP contribution in [0.25, 0.3) is 0 Å². The van der Waals surface area contributed by atoms with Crippen LogP contribution in [0.15, 0.2) is 42.5 Å². The van der Waals surface area contributed by atoms with Crippen molar-refractivity contribution in [1.82, 2.24) is 15.5 Å². The molecule has 2 amide bonds. The summed E-state index contributed by atoms with van der Waals surface area (Å²) in [5, 5.41) is 29.1. The van der Waals surface area contributed by atoms with Crippen LogP contribution in [0.4, 0.5) is 16.2 Å². The number of carbonyl (C=O) groups excluding carboxylic acids is 2. The number of Topliss-reactive ketones (excluding diaryl/α,β-unsaturated/α-hetero) is 1. The molecule has 0 heterocycles. The fourth-order valence-electron chi connectivity index (χ4n) is 3.84. The predicted octanol–water partition coefficient (Wildman–Crippen LogP) is 3.98. The molecule has 0 radical (unpaired) electrons. The number of amides is 2. The lowest BCUT2D eigenvalue weighted by atomic mass is 10.1. The lowest BCUT2D eigenvalue weighted by Crippen LogP contribution is -2.42. The zero-order chi connectivity index (χ0) is 34.4. The normalized spacial score (nSPS) is 12.9. The van der Waals surface area contributed by atoms with Crippen molar-refractivity contribution in [2.24, 2.45) is 0 Å². The second kappa shape index (κ2) is 18.7. The zero-order valence-electron chi connectivity index (χ0n) is 28.1. The summed E-state index contributed by atoms with van der Waals surface area (Å²) in [6.07, 6.45) is -0.201. The molecule has 0 aromatic heterocycles. The summed E-state index contributed by atoms with van der Waals surface area (Å²) in [5.41, 5.74) is 2.03. The molecule has 6 N–H and O–H groups in total. The number of anilines is 2. The Balaban J connectivity index is 0.000000487. The van der Waals surface area contributed by atoms with E-state index >= 15 is 0 Å². The maximum atomic E-state index is 12.2. The quantitative estimate of drug-likeness (QED) is 0.156. The van der Waals surface area contributed by atoms with Crippen molar-refractivity contribution in [2.45, 2.75) is 79.2 Å². The second-order valence-corrected chi connectivity index (χ2v) is 13.8. The Bertz CT molecular complexity index is 1310. The van der Waals surface area contributed by atoms with Crippen LogP contribution in [0.3, 0.4) is 0 Å². The van der Waals surface area contributed by atoms with Gasteiger partial charge in [0.2, 0.25) is 10.0 Å². The Morgan fingerprint density at radius 3 is 2.02 bits per heavy atom. The van der Waals surface area contributed by atoms with Crippen molar-refractivity contribution >= 4 is 33.2 Å². The number of aliphatic hydroxyl groups is 2. The highest BCUT2D eigenvalue weighted by molar-refractivity contribution is 7.92. The molecule has 45 heavy (non-hydrogen) atoms. The van der Waals surface area contributed by atoms with E-state index in [0.29, 0.717) is 54.9 Å². The number of sulfonamides is 1. The molecular weight excluding hydrogens is 598 g/mol. The fraction of sp³-hybridized carbons (Fsp3) is 0.562. The molecule has 0 aliphatic carbocycles. The molecular formula is C32H53N5O7S. The van der Waals surface area contributed by atoms with E-state index in [-0.39, 0.29) is 24.0 Å². The molecule has 2 unspecified atom stereocenters. The summed E-state index contributed by atoms with van der Waals surface area (Å²) in [5.74, 6) is 0.212. The lowest BCUT2D eigenvalue weighted by molar-refractivity contribution is 0.0950. The number of rotatable bonds is 15. The summed E-state index contributed by atoms with van der Waals surface area (Å²) in [7, 11) is -3.26. The van der Waals surface area contributed by atoms with Crippen molar-refractivity contribution < 1.29 is 33.0 Å². The Morgan fingerprint density at radius 1 is 0.956 bits per heavy atom. The summed E-state index contributed by atoms with van der Waals surface area (Å²) < 4.78 is 30.1. The van der Waals surface area contributed by atoms with Gasteiger partial charge >= 0.3 is 6.03 Å². The molecule has 0 spiro atoms. The minimum atomic E-state index is -3.26. The number of nitrogens with zero attached hydrogens (tertiary/aromatic N) is 1. The van der Waals surface area contributed by atoms with Gasteiger partial charge in [-0.2, -0.15) is 0 Å². The molecule has 0 bridgehead atoms. The van der Waals surface area contributed by atoms with Gasteiger partial charge in [0.05, 0.1) is 17.9 Å². The largest absolute Gasteiger partial charge is 0.490 e. The van der Waals surface area contributed by atoms with Gasteiger partial charge in [0.15, 0.2) is 5.78 Å². The maximum Gasteiger partial charge on any atom is 0.321 e. The van der Waals surface area contributed by atoms with Crippen molar-refractivity contribution in [2.75, 3.05) is 49.1 Å². The Kier molecular flexibility index (Phi) is 16.5. The first-order valence-electron chi connectivity index (χ1n) is 15.1. The number of ketones is 1. The molecule has 12 nitrogen and oxygen atoms in total. The van der Waals surface area contributed by atoms with Gasteiger partial charge in [-0.1, -0.05) is 26.0 Å². The summed E-state index contributed by atoms with van der Waals surface area (Å²) >= 11 is 0. The highest BCUT2D eigenvalue weighted by atomic mass is 32.2. The van der Waals surface area contributed by atoms with E-state index in [9.17, 15) is 28.2 Å². The van der Waals surface area contributed by atoms with Crippen LogP contribution >= 0.6 is 0 Å². The van der Waals surface area contributed by atoms with Gasteiger partial charge in [-0.15, -0.1) is 0 Å². The highest BCUT2D eigenvalue weighted by Gasteiger charge is 2.16. The van der Waals surface area contributed by atoms with Crippen molar-refractivity contribution in [3.05, 3.63) is 53.6 Å². The highest BCUT2D eigenvalue weighted by Crippen LogP contribution is 2.24. The van der Waals surface area contributed by atoms with E-state index in [0.717, 1.165) is 11.8 Å².